The Morgan fingerprint density at radius 3 is 2.22 bits per heavy atom. The number of oxazole rings is 2. The molecule has 9 nitrogen and oxygen atoms in total. The molecule has 204 valence electrons. The van der Waals surface area contributed by atoms with E-state index in [4.69, 9.17) is 13.6 Å². The summed E-state index contributed by atoms with van der Waals surface area (Å²) in [6.07, 6.45) is 13.1. The number of ether oxygens (including phenoxy) is 1. The molecular formula is C27H44N2O7. The second-order valence-corrected chi connectivity index (χ2v) is 9.59. The van der Waals surface area contributed by atoms with Crippen molar-refractivity contribution in [3.05, 3.63) is 36.2 Å². The van der Waals surface area contributed by atoms with E-state index in [0.29, 0.717) is 18.1 Å². The summed E-state index contributed by atoms with van der Waals surface area (Å²) in [4.78, 5) is 20.0. The van der Waals surface area contributed by atoms with Crippen LogP contribution < -0.4 is 0 Å². The topological polar surface area (TPSA) is 139 Å². The maximum atomic E-state index is 12.1. The lowest BCUT2D eigenvalue weighted by Crippen LogP contribution is -2.39. The first-order valence-corrected chi connectivity index (χ1v) is 13.5. The van der Waals surface area contributed by atoms with E-state index in [9.17, 15) is 20.1 Å². The van der Waals surface area contributed by atoms with Crippen molar-refractivity contribution < 1.29 is 33.7 Å². The lowest BCUT2D eigenvalue weighted by atomic mass is 10.0. The molecule has 0 saturated carbocycles. The third kappa shape index (κ3) is 11.7. The van der Waals surface area contributed by atoms with E-state index in [2.05, 4.69) is 16.9 Å². The predicted octanol–water partition coefficient (Wildman–Crippen LogP) is 5.03. The van der Waals surface area contributed by atoms with Crippen LogP contribution in [-0.2, 0) is 16.0 Å². The molecule has 36 heavy (non-hydrogen) atoms. The van der Waals surface area contributed by atoms with Crippen molar-refractivity contribution in [2.75, 3.05) is 0 Å². The molecule has 2 rings (SSSR count). The van der Waals surface area contributed by atoms with Crippen molar-refractivity contribution in [3.8, 4) is 0 Å². The Labute approximate surface area is 214 Å². The smallest absolute Gasteiger partial charge is 0.306 e. The molecule has 0 amide bonds. The summed E-state index contributed by atoms with van der Waals surface area (Å²) >= 11 is 0. The normalized spacial score (nSPS) is 14.9. The summed E-state index contributed by atoms with van der Waals surface area (Å²) in [7, 11) is 0. The van der Waals surface area contributed by atoms with Crippen LogP contribution in [0.4, 0.5) is 0 Å². The van der Waals surface area contributed by atoms with Gasteiger partial charge in [-0.2, -0.15) is 0 Å². The summed E-state index contributed by atoms with van der Waals surface area (Å²) in [5, 5.41) is 31.1. The molecule has 0 aliphatic carbocycles. The van der Waals surface area contributed by atoms with Gasteiger partial charge in [0.25, 0.3) is 0 Å². The minimum absolute atomic E-state index is 0.164. The second-order valence-electron chi connectivity index (χ2n) is 9.59. The highest BCUT2D eigenvalue weighted by Crippen LogP contribution is 2.23. The van der Waals surface area contributed by atoms with Crippen LogP contribution in [0.3, 0.4) is 0 Å². The quantitative estimate of drug-likeness (QED) is 0.166. The highest BCUT2D eigenvalue weighted by Gasteiger charge is 2.29. The van der Waals surface area contributed by atoms with Gasteiger partial charge in [0.05, 0.1) is 24.9 Å². The number of carbonyl (C=O) groups is 1. The molecule has 0 bridgehead atoms. The minimum atomic E-state index is -1.34. The zero-order valence-corrected chi connectivity index (χ0v) is 21.8. The lowest BCUT2D eigenvalue weighted by molar-refractivity contribution is -0.159. The van der Waals surface area contributed by atoms with Crippen LogP contribution in [0.25, 0.3) is 0 Å². The number of rotatable bonds is 20. The number of hydrogen-bond acceptors (Lipinski definition) is 9. The van der Waals surface area contributed by atoms with E-state index in [-0.39, 0.29) is 18.6 Å². The van der Waals surface area contributed by atoms with Crippen molar-refractivity contribution in [1.82, 2.24) is 9.97 Å². The summed E-state index contributed by atoms with van der Waals surface area (Å²) in [6.45, 7) is 3.76. The van der Waals surface area contributed by atoms with Crippen LogP contribution in [0.15, 0.2) is 27.6 Å². The Kier molecular flexibility index (Phi) is 14.4. The number of esters is 1. The number of unbranched alkanes of at least 4 members (excludes halogenated alkanes) is 10. The third-order valence-corrected chi connectivity index (χ3v) is 6.35. The van der Waals surface area contributed by atoms with Crippen molar-refractivity contribution >= 4 is 5.97 Å². The van der Waals surface area contributed by atoms with Crippen molar-refractivity contribution in [3.63, 3.8) is 0 Å². The van der Waals surface area contributed by atoms with Crippen LogP contribution in [-0.4, -0.2) is 49.6 Å². The van der Waals surface area contributed by atoms with E-state index in [0.717, 1.165) is 19.3 Å². The third-order valence-electron chi connectivity index (χ3n) is 6.35. The average molecular weight is 509 g/mol. The van der Waals surface area contributed by atoms with Crippen molar-refractivity contribution in [2.45, 2.75) is 128 Å². The van der Waals surface area contributed by atoms with Crippen LogP contribution >= 0.6 is 0 Å². The molecule has 2 heterocycles. The van der Waals surface area contributed by atoms with E-state index in [1.165, 1.54) is 70.9 Å². The first-order chi connectivity index (χ1) is 17.4. The van der Waals surface area contributed by atoms with E-state index in [1.54, 1.807) is 6.20 Å². The summed E-state index contributed by atoms with van der Waals surface area (Å²) in [6, 6.07) is 0. The molecule has 0 aliphatic rings. The van der Waals surface area contributed by atoms with Crippen LogP contribution in [0.1, 0.15) is 121 Å². The first kappa shape index (κ1) is 30.0. The van der Waals surface area contributed by atoms with Gasteiger partial charge >= 0.3 is 5.97 Å². The average Bonchev–Trinajstić information content (AvgIpc) is 3.54. The van der Waals surface area contributed by atoms with Gasteiger partial charge in [-0.1, -0.05) is 71.1 Å². The minimum Gasteiger partial charge on any atom is -0.460 e. The zero-order valence-electron chi connectivity index (χ0n) is 21.8. The lowest BCUT2D eigenvalue weighted by Gasteiger charge is -2.25. The second kappa shape index (κ2) is 17.3. The van der Waals surface area contributed by atoms with E-state index in [1.807, 2.05) is 0 Å². The number of aliphatic hydroxyl groups excluding tert-OH is 3. The van der Waals surface area contributed by atoms with Gasteiger partial charge in [-0.3, -0.25) is 4.79 Å². The SMILES string of the molecule is CCCCCCCCCCCCCC(=O)O[C@@H](C)[C@@H](O)[C@@H](O)C[C@@H](O)c1cnc(Cc2cnco2)o1. The first-order valence-electron chi connectivity index (χ1n) is 13.5. The van der Waals surface area contributed by atoms with E-state index >= 15 is 0 Å². The van der Waals surface area contributed by atoms with Gasteiger partial charge in [-0.25, -0.2) is 9.97 Å². The summed E-state index contributed by atoms with van der Waals surface area (Å²) in [5.41, 5.74) is 0. The van der Waals surface area contributed by atoms with Crippen LogP contribution in [0.5, 0.6) is 0 Å². The van der Waals surface area contributed by atoms with Gasteiger partial charge in [0.2, 0.25) is 5.89 Å². The molecule has 0 aromatic carbocycles. The molecule has 0 fully saturated rings. The van der Waals surface area contributed by atoms with Gasteiger partial charge in [0.1, 0.15) is 24.1 Å². The Balaban J connectivity index is 1.57. The fraction of sp³-hybridized carbons (Fsp3) is 0.741. The monoisotopic (exact) mass is 508 g/mol. The molecule has 9 heteroatoms. The van der Waals surface area contributed by atoms with Gasteiger partial charge < -0.3 is 28.9 Å². The number of hydrogen-bond donors (Lipinski definition) is 3. The number of aliphatic hydroxyl groups is 3. The Bertz CT molecular complexity index is 824. The highest BCUT2D eigenvalue weighted by atomic mass is 16.6. The Morgan fingerprint density at radius 2 is 1.61 bits per heavy atom. The number of carbonyl (C=O) groups excluding carboxylic acids is 1. The maximum absolute atomic E-state index is 12.1. The van der Waals surface area contributed by atoms with Crippen molar-refractivity contribution in [1.29, 1.82) is 0 Å². The molecule has 0 spiro atoms. The largest absolute Gasteiger partial charge is 0.460 e. The van der Waals surface area contributed by atoms with Crippen LogP contribution in [0.2, 0.25) is 0 Å². The summed E-state index contributed by atoms with van der Waals surface area (Å²) in [5.74, 6) is 0.673. The highest BCUT2D eigenvalue weighted by molar-refractivity contribution is 5.69. The number of nitrogens with zero attached hydrogens (tertiary/aromatic N) is 2. The van der Waals surface area contributed by atoms with Crippen LogP contribution in [0, 0.1) is 0 Å². The van der Waals surface area contributed by atoms with Gasteiger partial charge in [-0.15, -0.1) is 0 Å². The van der Waals surface area contributed by atoms with E-state index < -0.39 is 30.4 Å². The molecule has 0 saturated heterocycles. The summed E-state index contributed by atoms with van der Waals surface area (Å²) < 4.78 is 15.9. The predicted molar refractivity (Wildman–Crippen MR) is 134 cm³/mol. The fourth-order valence-electron chi connectivity index (χ4n) is 4.11. The van der Waals surface area contributed by atoms with Gasteiger partial charge in [0.15, 0.2) is 12.2 Å². The van der Waals surface area contributed by atoms with Gasteiger partial charge in [0, 0.05) is 12.8 Å². The Morgan fingerprint density at radius 1 is 0.972 bits per heavy atom. The molecule has 3 N–H and O–H groups in total. The maximum Gasteiger partial charge on any atom is 0.306 e. The Hall–Kier alpha value is -2.23. The standard InChI is InChI=1S/C27H44N2O7/c1-3-4-5-6-7-8-9-10-11-12-13-14-26(32)35-20(2)27(33)23(31)16-22(30)24-18-29-25(36-24)15-21-17-28-19-34-21/h17-20,22-23,27,30-31,33H,3-16H2,1-2H3/t20-,22+,23-,27+/m0/s1. The molecule has 2 aromatic rings. The fourth-order valence-corrected chi connectivity index (χ4v) is 4.11. The van der Waals surface area contributed by atoms with Gasteiger partial charge in [-0.05, 0) is 13.3 Å². The van der Waals surface area contributed by atoms with Crippen molar-refractivity contribution in [2.24, 2.45) is 0 Å². The molecule has 0 unspecified atom stereocenters. The molecular weight excluding hydrogens is 464 g/mol. The zero-order chi connectivity index (χ0) is 26.2. The molecule has 4 atom stereocenters. The molecule has 0 aliphatic heterocycles. The molecule has 2 aromatic heterocycles. The number of aromatic nitrogens is 2. The molecule has 0 radical (unpaired) electrons.